The van der Waals surface area contributed by atoms with Crippen molar-refractivity contribution in [1.29, 1.82) is 0 Å². The number of aromatic nitrogens is 4. The molecule has 5 rings (SSSR count). The van der Waals surface area contributed by atoms with Crippen molar-refractivity contribution in [1.82, 2.24) is 24.4 Å². The number of likely N-dealkylation sites (tertiary alicyclic amines) is 1. The molecule has 0 aliphatic carbocycles. The fourth-order valence-corrected chi connectivity index (χ4v) is 5.24. The molecule has 1 aliphatic rings. The fraction of sp³-hybridized carbons (Fsp3) is 0.345. The Kier molecular flexibility index (Phi) is 7.69. The topological polar surface area (TPSA) is 101 Å². The SMILES string of the molecule is Cn1ccnc1C1CCCCN1C(=O)c1ccc2nc(-c3ccc(Cl)cc3)c(CCCCC(=O)O)nc2c1. The fourth-order valence-electron chi connectivity index (χ4n) is 5.11. The Morgan fingerprint density at radius 3 is 2.61 bits per heavy atom. The van der Waals surface area contributed by atoms with Crippen molar-refractivity contribution in [3.63, 3.8) is 0 Å². The third-order valence-electron chi connectivity index (χ3n) is 7.08. The third kappa shape index (κ3) is 5.55. The zero-order chi connectivity index (χ0) is 26.6. The van der Waals surface area contributed by atoms with Crippen molar-refractivity contribution in [2.75, 3.05) is 6.54 Å². The summed E-state index contributed by atoms with van der Waals surface area (Å²) in [6.45, 7) is 0.685. The normalized spacial score (nSPS) is 15.6. The average molecular weight is 532 g/mol. The first kappa shape index (κ1) is 25.9. The molecule has 3 heterocycles. The minimum absolute atomic E-state index is 0.0359. The zero-order valence-corrected chi connectivity index (χ0v) is 22.1. The summed E-state index contributed by atoms with van der Waals surface area (Å²) in [5.41, 5.74) is 4.33. The van der Waals surface area contributed by atoms with E-state index in [1.807, 2.05) is 65.2 Å². The summed E-state index contributed by atoms with van der Waals surface area (Å²) in [6.07, 6.45) is 8.51. The number of imidazole rings is 1. The van der Waals surface area contributed by atoms with Crippen LogP contribution >= 0.6 is 11.6 Å². The number of amides is 1. The summed E-state index contributed by atoms with van der Waals surface area (Å²) in [5.74, 6) is 0.0540. The quantitative estimate of drug-likeness (QED) is 0.286. The number of aryl methyl sites for hydroxylation is 2. The Labute approximate surface area is 226 Å². The molecule has 1 aliphatic heterocycles. The third-order valence-corrected chi connectivity index (χ3v) is 7.33. The summed E-state index contributed by atoms with van der Waals surface area (Å²) in [4.78, 5) is 41.0. The van der Waals surface area contributed by atoms with Gasteiger partial charge in [-0.3, -0.25) is 9.59 Å². The second kappa shape index (κ2) is 11.3. The van der Waals surface area contributed by atoms with Gasteiger partial charge < -0.3 is 14.6 Å². The molecule has 2 aromatic heterocycles. The number of rotatable bonds is 8. The standard InChI is InChI=1S/C29H30ClN5O3/c1-34-17-15-31-28(34)25-7-4-5-16-35(25)29(38)20-11-14-22-24(18-20)32-23(6-2-3-8-26(36)37)27(33-22)19-9-12-21(30)13-10-19/h9-15,17-18,25H,2-8,16H2,1H3,(H,36,37). The minimum Gasteiger partial charge on any atom is -0.481 e. The lowest BCUT2D eigenvalue weighted by molar-refractivity contribution is -0.137. The lowest BCUT2D eigenvalue weighted by Crippen LogP contribution is -2.39. The monoisotopic (exact) mass is 531 g/mol. The Morgan fingerprint density at radius 1 is 1.05 bits per heavy atom. The van der Waals surface area contributed by atoms with Crippen LogP contribution < -0.4 is 0 Å². The summed E-state index contributed by atoms with van der Waals surface area (Å²) in [5, 5.41) is 9.65. The van der Waals surface area contributed by atoms with Gasteiger partial charge in [0.25, 0.3) is 5.91 Å². The van der Waals surface area contributed by atoms with Crippen LogP contribution in [-0.2, 0) is 18.3 Å². The zero-order valence-electron chi connectivity index (χ0n) is 21.3. The first-order valence-corrected chi connectivity index (χ1v) is 13.3. The van der Waals surface area contributed by atoms with Crippen LogP contribution in [0, 0.1) is 0 Å². The first-order valence-electron chi connectivity index (χ1n) is 13.0. The van der Waals surface area contributed by atoms with Crippen LogP contribution in [0.4, 0.5) is 0 Å². The molecule has 2 aromatic carbocycles. The molecule has 1 fully saturated rings. The van der Waals surface area contributed by atoms with Crippen molar-refractivity contribution in [3.8, 4) is 11.3 Å². The number of nitrogens with zero attached hydrogens (tertiary/aromatic N) is 5. The summed E-state index contributed by atoms with van der Waals surface area (Å²) < 4.78 is 1.98. The van der Waals surface area contributed by atoms with Crippen LogP contribution in [0.5, 0.6) is 0 Å². The predicted molar refractivity (Wildman–Crippen MR) is 146 cm³/mol. The van der Waals surface area contributed by atoms with E-state index < -0.39 is 5.97 Å². The lowest BCUT2D eigenvalue weighted by atomic mass is 9.99. The van der Waals surface area contributed by atoms with Gasteiger partial charge in [0, 0.05) is 48.6 Å². The van der Waals surface area contributed by atoms with Crippen molar-refractivity contribution in [2.24, 2.45) is 7.05 Å². The molecule has 38 heavy (non-hydrogen) atoms. The predicted octanol–water partition coefficient (Wildman–Crippen LogP) is 5.85. The second-order valence-corrected chi connectivity index (χ2v) is 10.2. The number of hydrogen-bond donors (Lipinski definition) is 1. The molecule has 196 valence electrons. The molecular weight excluding hydrogens is 502 g/mol. The van der Waals surface area contributed by atoms with Gasteiger partial charge in [-0.1, -0.05) is 23.7 Å². The highest BCUT2D eigenvalue weighted by molar-refractivity contribution is 6.30. The van der Waals surface area contributed by atoms with Gasteiger partial charge in [0.2, 0.25) is 0 Å². The number of piperidine rings is 1. The molecule has 8 nitrogen and oxygen atoms in total. The Hall–Kier alpha value is -3.78. The molecule has 1 unspecified atom stereocenters. The van der Waals surface area contributed by atoms with E-state index in [1.54, 1.807) is 6.20 Å². The number of carboxylic acids is 1. The van der Waals surface area contributed by atoms with Crippen LogP contribution in [0.25, 0.3) is 22.3 Å². The number of fused-ring (bicyclic) bond motifs is 1. The van der Waals surface area contributed by atoms with Crippen LogP contribution in [0.1, 0.15) is 66.4 Å². The van der Waals surface area contributed by atoms with Gasteiger partial charge in [-0.15, -0.1) is 0 Å². The molecular formula is C29H30ClN5O3. The second-order valence-electron chi connectivity index (χ2n) is 9.74. The molecule has 0 radical (unpaired) electrons. The maximum Gasteiger partial charge on any atom is 0.303 e. The number of carboxylic acid groups (broad SMARTS) is 1. The molecule has 9 heteroatoms. The van der Waals surface area contributed by atoms with Gasteiger partial charge in [0.1, 0.15) is 5.82 Å². The number of carbonyl (C=O) groups excluding carboxylic acids is 1. The van der Waals surface area contributed by atoms with Gasteiger partial charge in [0.15, 0.2) is 0 Å². The van der Waals surface area contributed by atoms with E-state index in [9.17, 15) is 9.59 Å². The highest BCUT2D eigenvalue weighted by Crippen LogP contribution is 2.32. The number of halogens is 1. The highest BCUT2D eigenvalue weighted by Gasteiger charge is 2.31. The lowest BCUT2D eigenvalue weighted by Gasteiger charge is -2.35. The summed E-state index contributed by atoms with van der Waals surface area (Å²) >= 11 is 6.10. The van der Waals surface area contributed by atoms with E-state index >= 15 is 0 Å². The molecule has 0 bridgehead atoms. The number of carbonyl (C=O) groups is 2. The average Bonchev–Trinajstić information content (AvgIpc) is 3.36. The highest BCUT2D eigenvalue weighted by atomic mass is 35.5. The van der Waals surface area contributed by atoms with E-state index in [1.165, 1.54) is 0 Å². The van der Waals surface area contributed by atoms with Gasteiger partial charge in [-0.25, -0.2) is 15.0 Å². The van der Waals surface area contributed by atoms with Crippen molar-refractivity contribution in [3.05, 3.63) is 77.0 Å². The molecule has 1 N–H and O–H groups in total. The molecule has 0 saturated carbocycles. The van der Waals surface area contributed by atoms with Crippen molar-refractivity contribution in [2.45, 2.75) is 51.0 Å². The van der Waals surface area contributed by atoms with Gasteiger partial charge in [0.05, 0.1) is 28.5 Å². The first-order chi connectivity index (χ1) is 18.4. The van der Waals surface area contributed by atoms with Crippen molar-refractivity contribution >= 4 is 34.5 Å². The van der Waals surface area contributed by atoms with Crippen LogP contribution in [-0.4, -0.2) is 47.9 Å². The molecule has 4 aromatic rings. The smallest absolute Gasteiger partial charge is 0.303 e. The number of aliphatic carboxylic acids is 1. The van der Waals surface area contributed by atoms with Gasteiger partial charge >= 0.3 is 5.97 Å². The number of unbranched alkanes of at least 4 members (excludes halogenated alkanes) is 1. The maximum absolute atomic E-state index is 13.7. The maximum atomic E-state index is 13.7. The van der Waals surface area contributed by atoms with E-state index in [4.69, 9.17) is 26.7 Å². The summed E-state index contributed by atoms with van der Waals surface area (Å²) in [7, 11) is 1.96. The van der Waals surface area contributed by atoms with Gasteiger partial charge in [-0.05, 0) is 68.9 Å². The summed E-state index contributed by atoms with van der Waals surface area (Å²) in [6, 6.07) is 12.9. The minimum atomic E-state index is -0.808. The number of hydrogen-bond acceptors (Lipinski definition) is 5. The Morgan fingerprint density at radius 2 is 1.87 bits per heavy atom. The van der Waals surface area contributed by atoms with E-state index in [0.29, 0.717) is 47.4 Å². The molecule has 1 saturated heterocycles. The van der Waals surface area contributed by atoms with E-state index in [2.05, 4.69) is 4.98 Å². The molecule has 0 spiro atoms. The molecule has 1 amide bonds. The number of benzene rings is 2. The van der Waals surface area contributed by atoms with Gasteiger partial charge in [-0.2, -0.15) is 0 Å². The van der Waals surface area contributed by atoms with Crippen LogP contribution in [0.2, 0.25) is 5.02 Å². The van der Waals surface area contributed by atoms with Crippen LogP contribution in [0.3, 0.4) is 0 Å². The van der Waals surface area contributed by atoms with Crippen molar-refractivity contribution < 1.29 is 14.7 Å². The largest absolute Gasteiger partial charge is 0.481 e. The van der Waals surface area contributed by atoms with E-state index in [0.717, 1.165) is 42.0 Å². The Bertz CT molecular complexity index is 1470. The van der Waals surface area contributed by atoms with E-state index in [-0.39, 0.29) is 18.4 Å². The Balaban J connectivity index is 1.48. The van der Waals surface area contributed by atoms with Crippen LogP contribution in [0.15, 0.2) is 54.9 Å². The molecule has 1 atom stereocenters.